The molecule has 2 heterocycles. The van der Waals surface area contributed by atoms with E-state index < -0.39 is 0 Å². The molecule has 1 aromatic carbocycles. The van der Waals surface area contributed by atoms with Crippen LogP contribution in [-0.4, -0.2) is 28.8 Å². The molecule has 2 N–H and O–H groups in total. The molecule has 102 valence electrons. The average molecular weight is 268 g/mol. The van der Waals surface area contributed by atoms with E-state index in [1.165, 1.54) is 0 Å². The molecule has 0 aliphatic heterocycles. The fourth-order valence-electron chi connectivity index (χ4n) is 2.17. The van der Waals surface area contributed by atoms with Gasteiger partial charge in [0.1, 0.15) is 5.69 Å². The summed E-state index contributed by atoms with van der Waals surface area (Å²) in [6, 6.07) is 9.95. The van der Waals surface area contributed by atoms with Crippen LogP contribution in [0.15, 0.2) is 36.5 Å². The molecule has 3 aromatic rings. The predicted molar refractivity (Wildman–Crippen MR) is 80.0 cm³/mol. The minimum Gasteiger partial charge on any atom is -0.478 e. The van der Waals surface area contributed by atoms with E-state index in [0.717, 1.165) is 27.8 Å². The molecule has 0 radical (unpaired) electrons. The molecule has 0 unspecified atom stereocenters. The Morgan fingerprint density at radius 2 is 2.15 bits per heavy atom. The van der Waals surface area contributed by atoms with E-state index >= 15 is 0 Å². The molecule has 0 atom stereocenters. The molecule has 0 spiro atoms. The summed E-state index contributed by atoms with van der Waals surface area (Å²) in [5, 5.41) is 11.7. The SMILES string of the molecule is CCOc1cc(-c2n[nH]c3ccc(NC)cc23)ccn1. The van der Waals surface area contributed by atoms with Gasteiger partial charge in [0.2, 0.25) is 5.88 Å². The number of rotatable bonds is 4. The molecular formula is C15H16N4O. The summed E-state index contributed by atoms with van der Waals surface area (Å²) in [4.78, 5) is 4.18. The van der Waals surface area contributed by atoms with Crippen LogP contribution in [-0.2, 0) is 0 Å². The number of hydrogen-bond donors (Lipinski definition) is 2. The van der Waals surface area contributed by atoms with Crippen LogP contribution in [0.2, 0.25) is 0 Å². The number of hydrogen-bond acceptors (Lipinski definition) is 4. The summed E-state index contributed by atoms with van der Waals surface area (Å²) in [5.74, 6) is 0.617. The van der Waals surface area contributed by atoms with Crippen molar-refractivity contribution in [2.45, 2.75) is 6.92 Å². The van der Waals surface area contributed by atoms with Gasteiger partial charge < -0.3 is 10.1 Å². The predicted octanol–water partition coefficient (Wildman–Crippen LogP) is 3.07. The molecule has 3 rings (SSSR count). The zero-order valence-corrected chi connectivity index (χ0v) is 11.5. The molecule has 5 nitrogen and oxygen atoms in total. The number of ether oxygens (including phenoxy) is 1. The smallest absolute Gasteiger partial charge is 0.213 e. The summed E-state index contributed by atoms with van der Waals surface area (Å²) >= 11 is 0. The minimum atomic E-state index is 0.599. The summed E-state index contributed by atoms with van der Waals surface area (Å²) < 4.78 is 5.44. The van der Waals surface area contributed by atoms with Crippen molar-refractivity contribution in [3.05, 3.63) is 36.5 Å². The summed E-state index contributed by atoms with van der Waals surface area (Å²) in [5.41, 5.74) is 3.96. The van der Waals surface area contributed by atoms with Crippen LogP contribution in [0.1, 0.15) is 6.92 Å². The molecule has 0 saturated heterocycles. The van der Waals surface area contributed by atoms with Crippen LogP contribution >= 0.6 is 0 Å². The fraction of sp³-hybridized carbons (Fsp3) is 0.200. The Morgan fingerprint density at radius 3 is 2.95 bits per heavy atom. The van der Waals surface area contributed by atoms with E-state index in [0.29, 0.717) is 12.5 Å². The second-order valence-corrected chi connectivity index (χ2v) is 4.40. The van der Waals surface area contributed by atoms with Crippen molar-refractivity contribution in [3.8, 4) is 17.1 Å². The number of benzene rings is 1. The van der Waals surface area contributed by atoms with E-state index in [9.17, 15) is 0 Å². The Hall–Kier alpha value is -2.56. The highest BCUT2D eigenvalue weighted by Crippen LogP contribution is 2.29. The lowest BCUT2D eigenvalue weighted by Gasteiger charge is -2.04. The third kappa shape index (κ3) is 2.18. The third-order valence-corrected chi connectivity index (χ3v) is 3.15. The molecule has 0 aliphatic rings. The van der Waals surface area contributed by atoms with Gasteiger partial charge in [-0.25, -0.2) is 4.98 Å². The highest BCUT2D eigenvalue weighted by molar-refractivity contribution is 5.94. The van der Waals surface area contributed by atoms with Crippen LogP contribution in [0.5, 0.6) is 5.88 Å². The van der Waals surface area contributed by atoms with Crippen LogP contribution < -0.4 is 10.1 Å². The highest BCUT2D eigenvalue weighted by atomic mass is 16.5. The van der Waals surface area contributed by atoms with Gasteiger partial charge in [-0.15, -0.1) is 0 Å². The van der Waals surface area contributed by atoms with E-state index in [-0.39, 0.29) is 0 Å². The van der Waals surface area contributed by atoms with Gasteiger partial charge in [0.05, 0.1) is 12.1 Å². The van der Waals surface area contributed by atoms with Crippen LogP contribution in [0.25, 0.3) is 22.2 Å². The first-order valence-electron chi connectivity index (χ1n) is 6.57. The number of nitrogens with zero attached hydrogens (tertiary/aromatic N) is 2. The lowest BCUT2D eigenvalue weighted by molar-refractivity contribution is 0.327. The van der Waals surface area contributed by atoms with Crippen LogP contribution in [0, 0.1) is 0 Å². The van der Waals surface area contributed by atoms with Crippen LogP contribution in [0.3, 0.4) is 0 Å². The number of fused-ring (bicyclic) bond motifs is 1. The number of pyridine rings is 1. The Kier molecular flexibility index (Phi) is 3.25. The van der Waals surface area contributed by atoms with Gasteiger partial charge in [-0.3, -0.25) is 5.10 Å². The van der Waals surface area contributed by atoms with Gasteiger partial charge in [0.25, 0.3) is 0 Å². The topological polar surface area (TPSA) is 62.8 Å². The lowest BCUT2D eigenvalue weighted by Crippen LogP contribution is -1.94. The van der Waals surface area contributed by atoms with Gasteiger partial charge in [0, 0.05) is 35.9 Å². The van der Waals surface area contributed by atoms with Crippen molar-refractivity contribution < 1.29 is 4.74 Å². The van der Waals surface area contributed by atoms with Crippen molar-refractivity contribution in [1.29, 1.82) is 0 Å². The van der Waals surface area contributed by atoms with Gasteiger partial charge in [0.15, 0.2) is 0 Å². The monoisotopic (exact) mass is 268 g/mol. The van der Waals surface area contributed by atoms with E-state index in [2.05, 4.69) is 26.6 Å². The van der Waals surface area contributed by atoms with E-state index in [1.54, 1.807) is 6.20 Å². The van der Waals surface area contributed by atoms with Crippen LogP contribution in [0.4, 0.5) is 5.69 Å². The first-order chi connectivity index (χ1) is 9.81. The van der Waals surface area contributed by atoms with E-state index in [4.69, 9.17) is 4.74 Å². The summed E-state index contributed by atoms with van der Waals surface area (Å²) in [6.45, 7) is 2.54. The van der Waals surface area contributed by atoms with Crippen molar-refractivity contribution in [2.75, 3.05) is 19.0 Å². The molecule has 0 aliphatic carbocycles. The molecule has 0 bridgehead atoms. The maximum Gasteiger partial charge on any atom is 0.213 e. The average Bonchev–Trinajstić information content (AvgIpc) is 2.90. The van der Waals surface area contributed by atoms with Crippen molar-refractivity contribution in [2.24, 2.45) is 0 Å². The molecule has 20 heavy (non-hydrogen) atoms. The van der Waals surface area contributed by atoms with Gasteiger partial charge >= 0.3 is 0 Å². The van der Waals surface area contributed by atoms with Crippen molar-refractivity contribution >= 4 is 16.6 Å². The standard InChI is InChI=1S/C15H16N4O/c1-3-20-14-8-10(6-7-17-14)15-12-9-11(16-2)4-5-13(12)18-19-15/h4-9,16H,3H2,1-2H3,(H,18,19). The van der Waals surface area contributed by atoms with Gasteiger partial charge in [-0.05, 0) is 31.2 Å². The number of aromatic amines is 1. The molecule has 5 heteroatoms. The zero-order chi connectivity index (χ0) is 13.9. The molecule has 2 aromatic heterocycles. The number of nitrogens with one attached hydrogen (secondary N) is 2. The largest absolute Gasteiger partial charge is 0.478 e. The van der Waals surface area contributed by atoms with Gasteiger partial charge in [-0.1, -0.05) is 0 Å². The highest BCUT2D eigenvalue weighted by Gasteiger charge is 2.10. The molecule has 0 fully saturated rings. The fourth-order valence-corrected chi connectivity index (χ4v) is 2.17. The maximum absolute atomic E-state index is 5.44. The first kappa shape index (κ1) is 12.5. The molecule has 0 amide bonds. The summed E-state index contributed by atoms with van der Waals surface area (Å²) in [7, 11) is 1.90. The maximum atomic E-state index is 5.44. The third-order valence-electron chi connectivity index (χ3n) is 3.15. The Morgan fingerprint density at radius 1 is 1.25 bits per heavy atom. The molecular weight excluding hydrogens is 252 g/mol. The Bertz CT molecular complexity index is 736. The zero-order valence-electron chi connectivity index (χ0n) is 11.5. The number of aromatic nitrogens is 3. The minimum absolute atomic E-state index is 0.599. The van der Waals surface area contributed by atoms with Crippen molar-refractivity contribution in [1.82, 2.24) is 15.2 Å². The van der Waals surface area contributed by atoms with Crippen molar-refractivity contribution in [3.63, 3.8) is 0 Å². The normalized spacial score (nSPS) is 10.7. The van der Waals surface area contributed by atoms with E-state index in [1.807, 2.05) is 38.2 Å². The number of anilines is 1. The second-order valence-electron chi connectivity index (χ2n) is 4.40. The Labute approximate surface area is 117 Å². The lowest BCUT2D eigenvalue weighted by atomic mass is 10.1. The summed E-state index contributed by atoms with van der Waals surface area (Å²) in [6.07, 6.45) is 1.74. The molecule has 0 saturated carbocycles. The van der Waals surface area contributed by atoms with Gasteiger partial charge in [-0.2, -0.15) is 5.10 Å². The second kappa shape index (κ2) is 5.21. The quantitative estimate of drug-likeness (QED) is 0.763. The number of H-pyrrole nitrogens is 1. The Balaban J connectivity index is 2.11. The first-order valence-corrected chi connectivity index (χ1v) is 6.57.